The first-order valence-corrected chi connectivity index (χ1v) is 9.56. The van der Waals surface area contributed by atoms with Crippen LogP contribution in [0, 0.1) is 6.92 Å². The van der Waals surface area contributed by atoms with E-state index in [0.717, 1.165) is 22.0 Å². The molecule has 3 rings (SSSR count). The van der Waals surface area contributed by atoms with Gasteiger partial charge in [-0.05, 0) is 24.6 Å². The second kappa shape index (κ2) is 8.88. The van der Waals surface area contributed by atoms with Crippen molar-refractivity contribution < 1.29 is 23.7 Å². The smallest absolute Gasteiger partial charge is 0.234 e. The summed E-state index contributed by atoms with van der Waals surface area (Å²) in [5, 5.41) is 3.60. The number of anilines is 1. The van der Waals surface area contributed by atoms with E-state index in [-0.39, 0.29) is 11.7 Å². The number of aryl methyl sites for hydroxylation is 1. The van der Waals surface area contributed by atoms with Crippen LogP contribution in [0.15, 0.2) is 35.3 Å². The molecule has 7 nitrogen and oxygen atoms in total. The summed E-state index contributed by atoms with van der Waals surface area (Å²) in [6.07, 6.45) is 0. The summed E-state index contributed by atoms with van der Waals surface area (Å²) in [7, 11) is 4.58. The summed E-state index contributed by atoms with van der Waals surface area (Å²) in [6.45, 7) is 2.36. The molecule has 0 spiro atoms. The van der Waals surface area contributed by atoms with E-state index < -0.39 is 0 Å². The van der Waals surface area contributed by atoms with Gasteiger partial charge in [0.15, 0.2) is 11.5 Å². The molecular formula is C20H22N2O5S. The number of rotatable bonds is 6. The van der Waals surface area contributed by atoms with Crippen LogP contribution in [0.4, 0.5) is 11.4 Å². The normalized spacial score (nSPS) is 12.4. The quantitative estimate of drug-likeness (QED) is 0.792. The Morgan fingerprint density at radius 2 is 1.86 bits per heavy atom. The third kappa shape index (κ3) is 4.51. The zero-order valence-electron chi connectivity index (χ0n) is 16.2. The van der Waals surface area contributed by atoms with Crippen molar-refractivity contribution in [3.05, 3.63) is 35.9 Å². The lowest BCUT2D eigenvalue weighted by Crippen LogP contribution is -2.18. The highest BCUT2D eigenvalue weighted by Crippen LogP contribution is 2.40. The van der Waals surface area contributed by atoms with Gasteiger partial charge in [0.05, 0.1) is 27.1 Å². The van der Waals surface area contributed by atoms with E-state index in [1.165, 1.54) is 33.1 Å². The van der Waals surface area contributed by atoms with Gasteiger partial charge in [0.25, 0.3) is 0 Å². The Morgan fingerprint density at radius 3 is 2.50 bits per heavy atom. The van der Waals surface area contributed by atoms with Gasteiger partial charge >= 0.3 is 0 Å². The van der Waals surface area contributed by atoms with E-state index in [9.17, 15) is 4.79 Å². The van der Waals surface area contributed by atoms with Crippen LogP contribution in [0.1, 0.15) is 5.56 Å². The highest BCUT2D eigenvalue weighted by Gasteiger charge is 2.17. The van der Waals surface area contributed by atoms with Gasteiger partial charge in [-0.2, -0.15) is 0 Å². The number of carbonyl (C=O) groups is 1. The maximum absolute atomic E-state index is 12.4. The molecular weight excluding hydrogens is 380 g/mol. The minimum absolute atomic E-state index is 0.170. The van der Waals surface area contributed by atoms with Crippen LogP contribution in [0.25, 0.3) is 0 Å². The maximum atomic E-state index is 12.4. The van der Waals surface area contributed by atoms with Crippen molar-refractivity contribution in [3.8, 4) is 23.0 Å². The van der Waals surface area contributed by atoms with E-state index in [4.69, 9.17) is 18.9 Å². The molecule has 0 radical (unpaired) electrons. The molecule has 0 saturated heterocycles. The first kappa shape index (κ1) is 19.9. The molecule has 28 heavy (non-hydrogen) atoms. The Kier molecular flexibility index (Phi) is 6.30. The molecule has 0 unspecified atom stereocenters. The fourth-order valence-electron chi connectivity index (χ4n) is 2.71. The van der Waals surface area contributed by atoms with Crippen molar-refractivity contribution >= 4 is 34.1 Å². The summed E-state index contributed by atoms with van der Waals surface area (Å²) < 4.78 is 21.6. The highest BCUT2D eigenvalue weighted by atomic mass is 32.2. The van der Waals surface area contributed by atoms with Crippen LogP contribution in [-0.2, 0) is 4.79 Å². The van der Waals surface area contributed by atoms with E-state index in [2.05, 4.69) is 10.3 Å². The van der Waals surface area contributed by atoms with Crippen LogP contribution in [0.5, 0.6) is 23.0 Å². The van der Waals surface area contributed by atoms with Gasteiger partial charge in [-0.1, -0.05) is 17.8 Å². The molecule has 1 amide bonds. The van der Waals surface area contributed by atoms with E-state index in [0.29, 0.717) is 29.5 Å². The van der Waals surface area contributed by atoms with Crippen molar-refractivity contribution in [3.63, 3.8) is 0 Å². The highest BCUT2D eigenvalue weighted by molar-refractivity contribution is 8.14. The lowest BCUT2D eigenvalue weighted by Gasteiger charge is -2.17. The number of nitrogens with zero attached hydrogens (tertiary/aromatic N) is 1. The summed E-state index contributed by atoms with van der Waals surface area (Å²) in [6, 6.07) is 9.22. The average molecular weight is 402 g/mol. The molecule has 1 aliphatic heterocycles. The Balaban J connectivity index is 1.64. The topological polar surface area (TPSA) is 78.4 Å². The van der Waals surface area contributed by atoms with Gasteiger partial charge in [0.1, 0.15) is 23.1 Å². The maximum Gasteiger partial charge on any atom is 0.234 e. The molecule has 1 N–H and O–H groups in total. The number of benzene rings is 2. The second-order valence-electron chi connectivity index (χ2n) is 6.02. The number of fused-ring (bicyclic) bond motifs is 1. The van der Waals surface area contributed by atoms with Crippen LogP contribution >= 0.6 is 11.8 Å². The van der Waals surface area contributed by atoms with E-state index in [1.54, 1.807) is 12.1 Å². The van der Waals surface area contributed by atoms with Gasteiger partial charge in [0.2, 0.25) is 11.7 Å². The number of methoxy groups -OCH3 is 3. The van der Waals surface area contributed by atoms with Gasteiger partial charge in [0, 0.05) is 17.8 Å². The monoisotopic (exact) mass is 402 g/mol. The number of nitrogens with one attached hydrogen (secondary N) is 1. The van der Waals surface area contributed by atoms with Crippen LogP contribution in [0.3, 0.4) is 0 Å². The summed E-state index contributed by atoms with van der Waals surface area (Å²) in [5.41, 5.74) is 2.46. The largest absolute Gasteiger partial charge is 0.493 e. The number of ether oxygens (including phenoxy) is 4. The molecule has 1 heterocycles. The van der Waals surface area contributed by atoms with Crippen molar-refractivity contribution in [1.82, 2.24) is 0 Å². The Morgan fingerprint density at radius 1 is 1.14 bits per heavy atom. The summed E-state index contributed by atoms with van der Waals surface area (Å²) >= 11 is 1.35. The van der Waals surface area contributed by atoms with Gasteiger partial charge in [-0.3, -0.25) is 4.79 Å². The van der Waals surface area contributed by atoms with Gasteiger partial charge < -0.3 is 24.3 Å². The zero-order valence-corrected chi connectivity index (χ0v) is 17.0. The van der Waals surface area contributed by atoms with E-state index >= 15 is 0 Å². The average Bonchev–Trinajstić information content (AvgIpc) is 2.71. The number of hydrogen-bond acceptors (Lipinski definition) is 7. The fourth-order valence-corrected chi connectivity index (χ4v) is 3.38. The molecule has 0 atom stereocenters. The van der Waals surface area contributed by atoms with E-state index in [1.807, 2.05) is 25.1 Å². The second-order valence-corrected chi connectivity index (χ2v) is 7.06. The molecule has 148 valence electrons. The van der Waals surface area contributed by atoms with Crippen molar-refractivity contribution in [1.29, 1.82) is 0 Å². The van der Waals surface area contributed by atoms with Crippen LogP contribution in [0.2, 0.25) is 0 Å². The predicted octanol–water partition coefficient (Wildman–Crippen LogP) is 3.82. The molecule has 0 saturated carbocycles. The number of aliphatic imine (C=N–C) groups is 1. The molecule has 1 aliphatic rings. The SMILES string of the molecule is COc1cc(NC(=O)CSC2=Nc3ccc(C)cc3OC2)cc(OC)c1OC. The molecule has 0 bridgehead atoms. The first-order valence-electron chi connectivity index (χ1n) is 8.57. The predicted molar refractivity (Wildman–Crippen MR) is 111 cm³/mol. The molecule has 2 aromatic carbocycles. The van der Waals surface area contributed by atoms with Gasteiger partial charge in [-0.15, -0.1) is 0 Å². The Bertz CT molecular complexity index is 888. The minimum atomic E-state index is -0.170. The number of carbonyl (C=O) groups excluding carboxylic acids is 1. The molecule has 8 heteroatoms. The van der Waals surface area contributed by atoms with Crippen molar-refractivity contribution in [2.75, 3.05) is 39.0 Å². The summed E-state index contributed by atoms with van der Waals surface area (Å²) in [5.74, 6) is 2.23. The van der Waals surface area contributed by atoms with Crippen LogP contribution in [-0.4, -0.2) is 44.6 Å². The Hall–Kier alpha value is -2.87. The molecule has 0 aromatic heterocycles. The van der Waals surface area contributed by atoms with Crippen molar-refractivity contribution in [2.45, 2.75) is 6.92 Å². The zero-order chi connectivity index (χ0) is 20.1. The lowest BCUT2D eigenvalue weighted by atomic mass is 10.2. The molecule has 0 aliphatic carbocycles. The Labute approximate surface area is 168 Å². The number of amides is 1. The van der Waals surface area contributed by atoms with Gasteiger partial charge in [-0.25, -0.2) is 4.99 Å². The minimum Gasteiger partial charge on any atom is -0.493 e. The lowest BCUT2D eigenvalue weighted by molar-refractivity contribution is -0.113. The third-order valence-corrected chi connectivity index (χ3v) is 4.98. The third-order valence-electron chi connectivity index (χ3n) is 4.03. The fraction of sp³-hybridized carbons (Fsp3) is 0.300. The number of hydrogen-bond donors (Lipinski definition) is 1. The summed E-state index contributed by atoms with van der Waals surface area (Å²) in [4.78, 5) is 16.9. The van der Waals surface area contributed by atoms with Crippen molar-refractivity contribution in [2.24, 2.45) is 4.99 Å². The molecule has 2 aromatic rings. The standard InChI is InChI=1S/C20H22N2O5S/c1-12-5-6-14-15(7-12)27-10-19(22-14)28-11-18(23)21-13-8-16(24-2)20(26-4)17(9-13)25-3/h5-9H,10-11H2,1-4H3,(H,21,23). The molecule has 0 fully saturated rings. The first-order chi connectivity index (χ1) is 13.5. The van der Waals surface area contributed by atoms with Crippen LogP contribution < -0.4 is 24.3 Å². The number of thioether (sulfide) groups is 1.